The van der Waals surface area contributed by atoms with Gasteiger partial charge < -0.3 is 19.8 Å². The number of aromatic nitrogens is 2. The number of imidazole rings is 1. The van der Waals surface area contributed by atoms with E-state index < -0.39 is 0 Å². The van der Waals surface area contributed by atoms with Crippen molar-refractivity contribution < 1.29 is 9.53 Å². The first kappa shape index (κ1) is 15.9. The fourth-order valence-electron chi connectivity index (χ4n) is 2.39. The number of nitrogens with one attached hydrogen (secondary N) is 2. The van der Waals surface area contributed by atoms with Crippen molar-refractivity contribution in [2.45, 2.75) is 13.3 Å². The lowest BCUT2D eigenvalue weighted by Crippen LogP contribution is -2.30. The van der Waals surface area contributed by atoms with Crippen molar-refractivity contribution in [3.05, 3.63) is 60.6 Å². The zero-order valence-corrected chi connectivity index (χ0v) is 13.5. The van der Waals surface area contributed by atoms with E-state index in [2.05, 4.69) is 15.6 Å². The molecule has 0 aliphatic carbocycles. The van der Waals surface area contributed by atoms with Gasteiger partial charge in [-0.25, -0.2) is 9.78 Å². The smallest absolute Gasteiger partial charge is 0.319 e. The van der Waals surface area contributed by atoms with Crippen LogP contribution in [0.1, 0.15) is 12.6 Å². The number of benzene rings is 1. The third-order valence-electron chi connectivity index (χ3n) is 3.50. The van der Waals surface area contributed by atoms with Gasteiger partial charge in [-0.2, -0.15) is 0 Å². The first-order valence-corrected chi connectivity index (χ1v) is 7.95. The summed E-state index contributed by atoms with van der Waals surface area (Å²) >= 11 is 0. The van der Waals surface area contributed by atoms with E-state index in [1.54, 1.807) is 0 Å². The Bertz CT molecular complexity index is 778. The maximum atomic E-state index is 11.9. The third kappa shape index (κ3) is 4.04. The first-order chi connectivity index (χ1) is 11.7. The number of amides is 2. The van der Waals surface area contributed by atoms with Crippen molar-refractivity contribution in [1.82, 2.24) is 14.7 Å². The van der Waals surface area contributed by atoms with Crippen LogP contribution in [0.4, 0.5) is 10.5 Å². The molecule has 2 aromatic heterocycles. The molecule has 0 bridgehead atoms. The summed E-state index contributed by atoms with van der Waals surface area (Å²) in [5, 5.41) is 5.63. The van der Waals surface area contributed by atoms with E-state index in [0.717, 1.165) is 22.8 Å². The number of ether oxygens (including phenoxy) is 1. The highest BCUT2D eigenvalue weighted by Gasteiger charge is 2.04. The number of carbonyl (C=O) groups is 1. The van der Waals surface area contributed by atoms with Crippen molar-refractivity contribution in [3.8, 4) is 5.75 Å². The quantitative estimate of drug-likeness (QED) is 0.732. The van der Waals surface area contributed by atoms with Crippen LogP contribution in [0.25, 0.3) is 5.65 Å². The van der Waals surface area contributed by atoms with Gasteiger partial charge in [0.05, 0.1) is 12.3 Å². The highest BCUT2D eigenvalue weighted by atomic mass is 16.5. The van der Waals surface area contributed by atoms with E-state index in [0.29, 0.717) is 19.6 Å². The molecule has 0 atom stereocenters. The molecule has 3 rings (SSSR count). The molecule has 6 nitrogen and oxygen atoms in total. The fourth-order valence-corrected chi connectivity index (χ4v) is 2.39. The number of urea groups is 1. The second kappa shape index (κ2) is 7.50. The summed E-state index contributed by atoms with van der Waals surface area (Å²) in [4.78, 5) is 16.4. The average Bonchev–Trinajstić information content (AvgIpc) is 2.99. The Morgan fingerprint density at radius 1 is 1.21 bits per heavy atom. The molecular weight excluding hydrogens is 304 g/mol. The summed E-state index contributed by atoms with van der Waals surface area (Å²) in [7, 11) is 0. The Hall–Kier alpha value is -3.02. The topological polar surface area (TPSA) is 67.7 Å². The number of hydrogen-bond acceptors (Lipinski definition) is 3. The first-order valence-electron chi connectivity index (χ1n) is 7.95. The number of fused-ring (bicyclic) bond motifs is 1. The number of pyridine rings is 1. The molecule has 124 valence electrons. The molecule has 0 aliphatic rings. The highest BCUT2D eigenvalue weighted by molar-refractivity contribution is 5.89. The van der Waals surface area contributed by atoms with Gasteiger partial charge in [0, 0.05) is 31.0 Å². The molecule has 0 spiro atoms. The van der Waals surface area contributed by atoms with E-state index >= 15 is 0 Å². The SMILES string of the molecule is CCOc1ccc(NC(=O)NCCc2cn3ccccc3n2)cc1. The Kier molecular flexibility index (Phi) is 4.96. The van der Waals surface area contributed by atoms with E-state index in [-0.39, 0.29) is 6.03 Å². The number of anilines is 1. The van der Waals surface area contributed by atoms with E-state index in [1.165, 1.54) is 0 Å². The van der Waals surface area contributed by atoms with Crippen LogP contribution in [0.5, 0.6) is 5.75 Å². The van der Waals surface area contributed by atoms with Crippen LogP contribution in [-0.2, 0) is 6.42 Å². The van der Waals surface area contributed by atoms with Crippen molar-refractivity contribution in [1.29, 1.82) is 0 Å². The van der Waals surface area contributed by atoms with Crippen LogP contribution < -0.4 is 15.4 Å². The predicted molar refractivity (Wildman–Crippen MR) is 93.5 cm³/mol. The monoisotopic (exact) mass is 324 g/mol. The van der Waals surface area contributed by atoms with Gasteiger partial charge in [0.2, 0.25) is 0 Å². The summed E-state index contributed by atoms with van der Waals surface area (Å²) in [6.45, 7) is 3.08. The predicted octanol–water partition coefficient (Wildman–Crippen LogP) is 3.10. The highest BCUT2D eigenvalue weighted by Crippen LogP contribution is 2.15. The zero-order chi connectivity index (χ0) is 16.8. The molecule has 24 heavy (non-hydrogen) atoms. The molecule has 2 heterocycles. The minimum absolute atomic E-state index is 0.233. The van der Waals surface area contributed by atoms with Gasteiger partial charge in [-0.15, -0.1) is 0 Å². The van der Waals surface area contributed by atoms with Crippen LogP contribution >= 0.6 is 0 Å². The molecule has 0 saturated carbocycles. The lowest BCUT2D eigenvalue weighted by atomic mass is 10.3. The van der Waals surface area contributed by atoms with E-state index in [1.807, 2.05) is 66.2 Å². The minimum Gasteiger partial charge on any atom is -0.494 e. The molecule has 2 amide bonds. The molecule has 0 saturated heterocycles. The Morgan fingerprint density at radius 2 is 2.04 bits per heavy atom. The summed E-state index contributed by atoms with van der Waals surface area (Å²) in [6.07, 6.45) is 4.61. The zero-order valence-electron chi connectivity index (χ0n) is 13.5. The lowest BCUT2D eigenvalue weighted by Gasteiger charge is -2.08. The maximum Gasteiger partial charge on any atom is 0.319 e. The Morgan fingerprint density at radius 3 is 2.79 bits per heavy atom. The van der Waals surface area contributed by atoms with Gasteiger partial charge in [0.1, 0.15) is 11.4 Å². The van der Waals surface area contributed by atoms with Crippen LogP contribution in [0, 0.1) is 0 Å². The Balaban J connectivity index is 1.46. The molecule has 0 unspecified atom stereocenters. The van der Waals surface area contributed by atoms with Crippen molar-refractivity contribution in [3.63, 3.8) is 0 Å². The van der Waals surface area contributed by atoms with Crippen molar-refractivity contribution in [2.24, 2.45) is 0 Å². The molecule has 0 fully saturated rings. The second-order valence-electron chi connectivity index (χ2n) is 5.29. The largest absolute Gasteiger partial charge is 0.494 e. The number of carbonyl (C=O) groups excluding carboxylic acids is 1. The van der Waals surface area contributed by atoms with Crippen LogP contribution in [0.2, 0.25) is 0 Å². The van der Waals surface area contributed by atoms with Crippen LogP contribution in [0.3, 0.4) is 0 Å². The van der Waals surface area contributed by atoms with Gasteiger partial charge in [-0.05, 0) is 43.3 Å². The van der Waals surface area contributed by atoms with Crippen molar-refractivity contribution in [2.75, 3.05) is 18.5 Å². The maximum absolute atomic E-state index is 11.9. The van der Waals surface area contributed by atoms with Crippen LogP contribution in [-0.4, -0.2) is 28.6 Å². The molecule has 6 heteroatoms. The van der Waals surface area contributed by atoms with Crippen molar-refractivity contribution >= 4 is 17.4 Å². The van der Waals surface area contributed by atoms with Gasteiger partial charge in [0.15, 0.2) is 0 Å². The lowest BCUT2D eigenvalue weighted by molar-refractivity contribution is 0.252. The van der Waals surface area contributed by atoms with Gasteiger partial charge in [0.25, 0.3) is 0 Å². The van der Waals surface area contributed by atoms with Gasteiger partial charge in [-0.3, -0.25) is 0 Å². The average molecular weight is 324 g/mol. The summed E-state index contributed by atoms with van der Waals surface area (Å²) in [5.74, 6) is 0.787. The second-order valence-corrected chi connectivity index (χ2v) is 5.29. The van der Waals surface area contributed by atoms with Gasteiger partial charge >= 0.3 is 6.03 Å². The number of hydrogen-bond donors (Lipinski definition) is 2. The number of nitrogens with zero attached hydrogens (tertiary/aromatic N) is 2. The third-order valence-corrected chi connectivity index (χ3v) is 3.50. The normalized spacial score (nSPS) is 10.5. The Labute approximate surface area is 140 Å². The fraction of sp³-hybridized carbons (Fsp3) is 0.222. The summed E-state index contributed by atoms with van der Waals surface area (Å²) in [5.41, 5.74) is 2.58. The number of rotatable bonds is 6. The van der Waals surface area contributed by atoms with Crippen LogP contribution in [0.15, 0.2) is 54.9 Å². The molecule has 1 aromatic carbocycles. The van der Waals surface area contributed by atoms with Gasteiger partial charge in [-0.1, -0.05) is 6.07 Å². The minimum atomic E-state index is -0.233. The molecule has 2 N–H and O–H groups in total. The van der Waals surface area contributed by atoms with E-state index in [4.69, 9.17) is 4.74 Å². The molecule has 0 aliphatic heterocycles. The standard InChI is InChI=1S/C18H20N4O2/c1-2-24-16-8-6-14(7-9-16)21-18(23)19-11-10-15-13-22-12-4-3-5-17(22)20-15/h3-9,12-13H,2,10-11H2,1H3,(H2,19,21,23). The molecular formula is C18H20N4O2. The summed E-state index contributed by atoms with van der Waals surface area (Å²) < 4.78 is 7.33. The summed E-state index contributed by atoms with van der Waals surface area (Å²) in [6, 6.07) is 12.9. The van der Waals surface area contributed by atoms with E-state index in [9.17, 15) is 4.79 Å². The molecule has 0 radical (unpaired) electrons. The molecule has 3 aromatic rings.